The summed E-state index contributed by atoms with van der Waals surface area (Å²) in [4.78, 5) is 34.2. The highest BCUT2D eigenvalue weighted by atomic mass is 16.6. The molecule has 26 heavy (non-hydrogen) atoms. The van der Waals surface area contributed by atoms with E-state index in [4.69, 9.17) is 14.6 Å². The van der Waals surface area contributed by atoms with Gasteiger partial charge in [0.25, 0.3) is 0 Å². The van der Waals surface area contributed by atoms with Gasteiger partial charge in [0.15, 0.2) is 6.10 Å². The number of aliphatic hydroxyl groups excluding tert-OH is 2. The second-order valence-electron chi connectivity index (χ2n) is 5.20. The molecule has 0 aromatic heterocycles. The molecular weight excluding hydrogens is 344 g/mol. The highest BCUT2D eigenvalue weighted by molar-refractivity contribution is 5.77. The van der Waals surface area contributed by atoms with Crippen molar-refractivity contribution in [1.82, 2.24) is 4.90 Å². The fraction of sp³-hybridized carbons (Fsp3) is 0.588. The Bertz CT molecular complexity index is 494. The maximum absolute atomic E-state index is 11.4. The van der Waals surface area contributed by atoms with E-state index >= 15 is 0 Å². The van der Waals surface area contributed by atoms with Gasteiger partial charge in [-0.3, -0.25) is 4.79 Å². The van der Waals surface area contributed by atoms with Gasteiger partial charge in [0.2, 0.25) is 0 Å². The first-order valence-electron chi connectivity index (χ1n) is 8.20. The molecule has 4 N–H and O–H groups in total. The summed E-state index contributed by atoms with van der Waals surface area (Å²) < 4.78 is 10.7. The zero-order valence-corrected chi connectivity index (χ0v) is 15.1. The molecule has 0 aromatic carbocycles. The van der Waals surface area contributed by atoms with Crippen LogP contribution >= 0.6 is 0 Å². The summed E-state index contributed by atoms with van der Waals surface area (Å²) in [6.07, 6.45) is 6.69. The van der Waals surface area contributed by atoms with Gasteiger partial charge >= 0.3 is 5.97 Å². The van der Waals surface area contributed by atoms with Gasteiger partial charge in [0, 0.05) is 31.5 Å². The van der Waals surface area contributed by atoms with Gasteiger partial charge in [-0.15, -0.1) is 0 Å². The van der Waals surface area contributed by atoms with E-state index in [0.29, 0.717) is 24.7 Å². The SMILES string of the molecule is CN.CO.O=CCC(O)C(=O)OCC1CCC(N2C=CCC(C=O)=C2)O1. The van der Waals surface area contributed by atoms with Crippen LogP contribution in [0.25, 0.3) is 0 Å². The Morgan fingerprint density at radius 3 is 2.73 bits per heavy atom. The van der Waals surface area contributed by atoms with Crippen LogP contribution in [0.4, 0.5) is 0 Å². The smallest absolute Gasteiger partial charge is 0.335 e. The first kappa shape index (κ1) is 23.9. The van der Waals surface area contributed by atoms with Crippen LogP contribution in [0, 0.1) is 0 Å². The van der Waals surface area contributed by atoms with Gasteiger partial charge in [0.05, 0.1) is 6.10 Å². The molecule has 0 bridgehead atoms. The van der Waals surface area contributed by atoms with E-state index in [1.54, 1.807) is 6.20 Å². The number of carbonyl (C=O) groups is 3. The van der Waals surface area contributed by atoms with Crippen LogP contribution in [-0.2, 0) is 23.9 Å². The van der Waals surface area contributed by atoms with Crippen molar-refractivity contribution in [3.63, 3.8) is 0 Å². The highest BCUT2D eigenvalue weighted by Crippen LogP contribution is 2.26. The minimum absolute atomic E-state index is 0.0348. The highest BCUT2D eigenvalue weighted by Gasteiger charge is 2.30. The van der Waals surface area contributed by atoms with E-state index in [0.717, 1.165) is 19.8 Å². The van der Waals surface area contributed by atoms with Crippen molar-refractivity contribution < 1.29 is 34.1 Å². The number of esters is 1. The Hall–Kier alpha value is -2.07. The first-order chi connectivity index (χ1) is 12.6. The number of allylic oxidation sites excluding steroid dienone is 2. The Kier molecular flexibility index (Phi) is 13.0. The van der Waals surface area contributed by atoms with E-state index in [1.165, 1.54) is 7.05 Å². The lowest BCUT2D eigenvalue weighted by Gasteiger charge is -2.26. The summed E-state index contributed by atoms with van der Waals surface area (Å²) in [6, 6.07) is 0. The molecule has 0 saturated carbocycles. The topological polar surface area (TPSA) is 139 Å². The summed E-state index contributed by atoms with van der Waals surface area (Å²) in [5.41, 5.74) is 5.18. The van der Waals surface area contributed by atoms with Crippen LogP contribution in [0.2, 0.25) is 0 Å². The van der Waals surface area contributed by atoms with Crippen LogP contribution in [-0.4, -0.2) is 72.9 Å². The predicted octanol–water partition coefficient (Wildman–Crippen LogP) is -0.530. The van der Waals surface area contributed by atoms with Gasteiger partial charge in [-0.25, -0.2) is 4.79 Å². The lowest BCUT2D eigenvalue weighted by Crippen LogP contribution is -2.31. The zero-order chi connectivity index (χ0) is 19.9. The minimum atomic E-state index is -1.42. The van der Waals surface area contributed by atoms with Crippen molar-refractivity contribution in [2.45, 2.75) is 44.1 Å². The van der Waals surface area contributed by atoms with Crippen LogP contribution in [0.3, 0.4) is 0 Å². The molecule has 0 amide bonds. The molecule has 2 heterocycles. The van der Waals surface area contributed by atoms with Gasteiger partial charge in [-0.2, -0.15) is 0 Å². The molecule has 3 atom stereocenters. The normalized spacial score (nSPS) is 22.0. The maximum atomic E-state index is 11.4. The summed E-state index contributed by atoms with van der Waals surface area (Å²) in [5.74, 6) is -0.819. The van der Waals surface area contributed by atoms with Gasteiger partial charge in [-0.05, 0) is 26.3 Å². The van der Waals surface area contributed by atoms with Gasteiger partial charge in [-0.1, -0.05) is 6.08 Å². The average molecular weight is 372 g/mol. The van der Waals surface area contributed by atoms with E-state index in [1.807, 2.05) is 17.2 Å². The monoisotopic (exact) mass is 372 g/mol. The Morgan fingerprint density at radius 1 is 1.42 bits per heavy atom. The van der Waals surface area contributed by atoms with Gasteiger partial charge < -0.3 is 35.1 Å². The number of rotatable bonds is 7. The molecule has 0 aromatic rings. The Morgan fingerprint density at radius 2 is 2.12 bits per heavy atom. The summed E-state index contributed by atoms with van der Waals surface area (Å²) >= 11 is 0. The van der Waals surface area contributed by atoms with Crippen LogP contribution in [0.1, 0.15) is 25.7 Å². The molecule has 1 saturated heterocycles. The molecule has 0 spiro atoms. The van der Waals surface area contributed by atoms with E-state index < -0.39 is 12.1 Å². The van der Waals surface area contributed by atoms with Crippen molar-refractivity contribution in [3.8, 4) is 0 Å². The number of aliphatic hydroxyl groups is 2. The zero-order valence-electron chi connectivity index (χ0n) is 15.1. The minimum Gasteiger partial charge on any atom is -0.461 e. The van der Waals surface area contributed by atoms with E-state index in [2.05, 4.69) is 5.73 Å². The standard InChI is InChI=1S/C15H19NO6.CH5N.CH4O/c17-7-5-13(19)15(20)21-10-12-3-4-14(22-12)16-6-1-2-11(8-16)9-18;2*1-2/h1,6-9,12-14,19H,2-5,10H2;2H2,1H3;2H,1H3. The molecule has 9 heteroatoms. The predicted molar refractivity (Wildman–Crippen MR) is 93.5 cm³/mol. The van der Waals surface area contributed by atoms with Crippen LogP contribution in [0.15, 0.2) is 24.0 Å². The molecule has 0 aliphatic carbocycles. The van der Waals surface area contributed by atoms with Crippen LogP contribution in [0.5, 0.6) is 0 Å². The summed E-state index contributed by atoms with van der Waals surface area (Å²) in [7, 11) is 2.50. The van der Waals surface area contributed by atoms with Crippen molar-refractivity contribution in [3.05, 3.63) is 24.0 Å². The number of hydrogen-bond donors (Lipinski definition) is 3. The molecule has 2 rings (SSSR count). The molecule has 2 aliphatic heterocycles. The van der Waals surface area contributed by atoms with Crippen molar-refractivity contribution in [2.75, 3.05) is 20.8 Å². The summed E-state index contributed by atoms with van der Waals surface area (Å²) in [6.45, 7) is 0.0348. The third kappa shape index (κ3) is 7.87. The van der Waals surface area contributed by atoms with Crippen LogP contribution < -0.4 is 5.73 Å². The van der Waals surface area contributed by atoms with Crippen molar-refractivity contribution in [1.29, 1.82) is 0 Å². The third-order valence-corrected chi connectivity index (χ3v) is 3.52. The lowest BCUT2D eigenvalue weighted by molar-refractivity contribution is -0.159. The number of carbonyl (C=O) groups excluding carboxylic acids is 3. The average Bonchev–Trinajstić information content (AvgIpc) is 3.18. The molecule has 0 radical (unpaired) electrons. The second-order valence-corrected chi connectivity index (χ2v) is 5.20. The first-order valence-corrected chi connectivity index (χ1v) is 8.20. The van der Waals surface area contributed by atoms with Crippen molar-refractivity contribution >= 4 is 18.5 Å². The van der Waals surface area contributed by atoms with E-state index in [-0.39, 0.29) is 25.4 Å². The number of hydrogen-bond acceptors (Lipinski definition) is 9. The molecule has 148 valence electrons. The molecule has 1 fully saturated rings. The Labute approximate surface area is 153 Å². The van der Waals surface area contributed by atoms with Crippen molar-refractivity contribution in [2.24, 2.45) is 5.73 Å². The second kappa shape index (κ2) is 14.1. The fourth-order valence-corrected chi connectivity index (χ4v) is 2.34. The number of nitrogens with zero attached hydrogens (tertiary/aromatic N) is 1. The molecule has 3 unspecified atom stereocenters. The summed E-state index contributed by atoms with van der Waals surface area (Å²) in [5, 5.41) is 16.3. The molecular formula is C17H28N2O7. The third-order valence-electron chi connectivity index (χ3n) is 3.52. The number of ether oxygens (including phenoxy) is 2. The van der Waals surface area contributed by atoms with E-state index in [9.17, 15) is 19.5 Å². The Balaban J connectivity index is 0.00000146. The quantitative estimate of drug-likeness (QED) is 0.397. The van der Waals surface area contributed by atoms with Gasteiger partial charge in [0.1, 0.15) is 25.4 Å². The number of nitrogens with two attached hydrogens (primary N) is 1. The maximum Gasteiger partial charge on any atom is 0.335 e. The molecule has 9 nitrogen and oxygen atoms in total. The fourth-order valence-electron chi connectivity index (χ4n) is 2.34. The molecule has 2 aliphatic rings. The number of aldehydes is 2. The largest absolute Gasteiger partial charge is 0.461 e. The lowest BCUT2D eigenvalue weighted by atomic mass is 10.1.